The Morgan fingerprint density at radius 1 is 1.19 bits per heavy atom. The first-order valence-corrected chi connectivity index (χ1v) is 7.45. The quantitative estimate of drug-likeness (QED) is 0.741. The normalized spacial score (nSPS) is 23.9. The molecule has 2 saturated heterocycles. The van der Waals surface area contributed by atoms with Gasteiger partial charge in [0.05, 0.1) is 13.2 Å². The number of piperazine rings is 1. The van der Waals surface area contributed by atoms with Crippen molar-refractivity contribution in [2.24, 2.45) is 0 Å². The highest BCUT2D eigenvalue weighted by Crippen LogP contribution is 2.15. The van der Waals surface area contributed by atoms with Gasteiger partial charge in [-0.2, -0.15) is 0 Å². The van der Waals surface area contributed by atoms with E-state index < -0.39 is 17.7 Å². The standard InChI is InChI=1S/C14H25N3O4/c1-14(2,3)21-13(19)17-5-4-15-10-11(17)12(18)16-6-8-20-9-7-16/h11,15H,4-10H2,1-3H3. The third kappa shape index (κ3) is 4.31. The molecule has 1 N–H and O–H groups in total. The molecule has 0 aromatic heterocycles. The molecule has 2 heterocycles. The molecule has 1 unspecified atom stereocenters. The summed E-state index contributed by atoms with van der Waals surface area (Å²) >= 11 is 0. The maximum absolute atomic E-state index is 12.6. The number of carbonyl (C=O) groups excluding carboxylic acids is 2. The molecule has 2 aliphatic heterocycles. The molecule has 7 nitrogen and oxygen atoms in total. The summed E-state index contributed by atoms with van der Waals surface area (Å²) < 4.78 is 10.7. The lowest BCUT2D eigenvalue weighted by molar-refractivity contribution is -0.141. The number of hydrogen-bond donors (Lipinski definition) is 1. The molecule has 0 aromatic rings. The number of nitrogens with zero attached hydrogens (tertiary/aromatic N) is 2. The Labute approximate surface area is 125 Å². The first-order chi connectivity index (χ1) is 9.88. The van der Waals surface area contributed by atoms with E-state index in [0.717, 1.165) is 0 Å². The third-order valence-electron chi connectivity index (χ3n) is 3.48. The van der Waals surface area contributed by atoms with Crippen molar-refractivity contribution in [2.75, 3.05) is 45.9 Å². The smallest absolute Gasteiger partial charge is 0.411 e. The van der Waals surface area contributed by atoms with E-state index in [4.69, 9.17) is 9.47 Å². The highest BCUT2D eigenvalue weighted by Gasteiger charge is 2.37. The molecule has 1 atom stereocenters. The van der Waals surface area contributed by atoms with Gasteiger partial charge in [0.15, 0.2) is 0 Å². The van der Waals surface area contributed by atoms with Crippen molar-refractivity contribution in [1.29, 1.82) is 0 Å². The monoisotopic (exact) mass is 299 g/mol. The van der Waals surface area contributed by atoms with Crippen molar-refractivity contribution in [3.05, 3.63) is 0 Å². The zero-order chi connectivity index (χ0) is 15.5. The lowest BCUT2D eigenvalue weighted by atomic mass is 10.1. The maximum Gasteiger partial charge on any atom is 0.411 e. The zero-order valence-corrected chi connectivity index (χ0v) is 13.1. The Hall–Kier alpha value is -1.34. The summed E-state index contributed by atoms with van der Waals surface area (Å²) in [4.78, 5) is 28.2. The topological polar surface area (TPSA) is 71.1 Å². The Bertz CT molecular complexity index is 388. The van der Waals surface area contributed by atoms with Crippen LogP contribution < -0.4 is 5.32 Å². The Kier molecular flexibility index (Phi) is 5.05. The number of amides is 2. The summed E-state index contributed by atoms with van der Waals surface area (Å²) in [6.07, 6.45) is -0.421. The Morgan fingerprint density at radius 3 is 2.48 bits per heavy atom. The fraction of sp³-hybridized carbons (Fsp3) is 0.857. The summed E-state index contributed by atoms with van der Waals surface area (Å²) in [7, 11) is 0. The number of hydrogen-bond acceptors (Lipinski definition) is 5. The predicted octanol–water partition coefficient (Wildman–Crippen LogP) is 0.0541. The Balaban J connectivity index is 2.04. The summed E-state index contributed by atoms with van der Waals surface area (Å²) in [5.41, 5.74) is -0.561. The minimum Gasteiger partial charge on any atom is -0.444 e. The number of morpholine rings is 1. The van der Waals surface area contributed by atoms with Crippen LogP contribution in [0.2, 0.25) is 0 Å². The molecule has 2 fully saturated rings. The first-order valence-electron chi connectivity index (χ1n) is 7.45. The number of ether oxygens (including phenoxy) is 2. The average molecular weight is 299 g/mol. The molecule has 0 aliphatic carbocycles. The van der Waals surface area contributed by atoms with Gasteiger partial charge in [-0.25, -0.2) is 4.79 Å². The summed E-state index contributed by atoms with van der Waals surface area (Å²) in [5.74, 6) is -0.0311. The van der Waals surface area contributed by atoms with Crippen molar-refractivity contribution < 1.29 is 19.1 Å². The van der Waals surface area contributed by atoms with Crippen LogP contribution in [0.15, 0.2) is 0 Å². The maximum atomic E-state index is 12.6. The van der Waals surface area contributed by atoms with Crippen LogP contribution in [0.25, 0.3) is 0 Å². The number of carbonyl (C=O) groups is 2. The highest BCUT2D eigenvalue weighted by molar-refractivity contribution is 5.86. The minimum atomic E-state index is -0.561. The van der Waals surface area contributed by atoms with Crippen molar-refractivity contribution in [1.82, 2.24) is 15.1 Å². The third-order valence-corrected chi connectivity index (χ3v) is 3.48. The van der Waals surface area contributed by atoms with E-state index >= 15 is 0 Å². The van der Waals surface area contributed by atoms with Crippen LogP contribution in [0.4, 0.5) is 4.79 Å². The number of rotatable bonds is 1. The summed E-state index contributed by atoms with van der Waals surface area (Å²) in [6, 6.07) is -0.494. The van der Waals surface area contributed by atoms with Gasteiger partial charge < -0.3 is 19.7 Å². The highest BCUT2D eigenvalue weighted by atomic mass is 16.6. The van der Waals surface area contributed by atoms with E-state index in [9.17, 15) is 9.59 Å². The van der Waals surface area contributed by atoms with Crippen LogP contribution >= 0.6 is 0 Å². The van der Waals surface area contributed by atoms with E-state index in [1.54, 1.807) is 9.80 Å². The summed E-state index contributed by atoms with van der Waals surface area (Å²) in [6.45, 7) is 9.37. The van der Waals surface area contributed by atoms with Crippen LogP contribution in [0.3, 0.4) is 0 Å². The van der Waals surface area contributed by atoms with Crippen LogP contribution in [-0.2, 0) is 14.3 Å². The van der Waals surface area contributed by atoms with Crippen molar-refractivity contribution in [2.45, 2.75) is 32.4 Å². The molecule has 0 aromatic carbocycles. The van der Waals surface area contributed by atoms with Crippen molar-refractivity contribution in [3.8, 4) is 0 Å². The van der Waals surface area contributed by atoms with E-state index in [-0.39, 0.29) is 5.91 Å². The lowest BCUT2D eigenvalue weighted by Crippen LogP contribution is -2.61. The predicted molar refractivity (Wildman–Crippen MR) is 77.0 cm³/mol. The van der Waals surface area contributed by atoms with E-state index in [2.05, 4.69) is 5.32 Å². The van der Waals surface area contributed by atoms with Gasteiger partial charge in [-0.1, -0.05) is 0 Å². The van der Waals surface area contributed by atoms with Crippen LogP contribution in [-0.4, -0.2) is 79.4 Å². The van der Waals surface area contributed by atoms with Gasteiger partial charge >= 0.3 is 6.09 Å². The van der Waals surface area contributed by atoms with Crippen LogP contribution in [0, 0.1) is 0 Å². The molecule has 0 bridgehead atoms. The van der Waals surface area contributed by atoms with E-state index in [0.29, 0.717) is 45.9 Å². The summed E-state index contributed by atoms with van der Waals surface area (Å²) in [5, 5.41) is 3.17. The van der Waals surface area contributed by atoms with Gasteiger partial charge in [-0.05, 0) is 20.8 Å². The molecule has 0 saturated carbocycles. The fourth-order valence-electron chi connectivity index (χ4n) is 2.46. The van der Waals surface area contributed by atoms with Gasteiger partial charge in [-0.15, -0.1) is 0 Å². The zero-order valence-electron chi connectivity index (χ0n) is 13.1. The molecule has 7 heteroatoms. The molecular weight excluding hydrogens is 274 g/mol. The molecule has 2 aliphatic rings. The molecule has 0 spiro atoms. The lowest BCUT2D eigenvalue weighted by Gasteiger charge is -2.39. The molecule has 2 amide bonds. The molecule has 2 rings (SSSR count). The van der Waals surface area contributed by atoms with Gasteiger partial charge in [0.2, 0.25) is 5.91 Å². The van der Waals surface area contributed by atoms with E-state index in [1.807, 2.05) is 20.8 Å². The molecular formula is C14H25N3O4. The van der Waals surface area contributed by atoms with Gasteiger partial charge in [0.1, 0.15) is 11.6 Å². The van der Waals surface area contributed by atoms with Gasteiger partial charge in [-0.3, -0.25) is 9.69 Å². The fourth-order valence-corrected chi connectivity index (χ4v) is 2.46. The van der Waals surface area contributed by atoms with Crippen molar-refractivity contribution in [3.63, 3.8) is 0 Å². The second-order valence-electron chi connectivity index (χ2n) is 6.33. The Morgan fingerprint density at radius 2 is 1.86 bits per heavy atom. The molecule has 120 valence electrons. The molecule has 21 heavy (non-hydrogen) atoms. The largest absolute Gasteiger partial charge is 0.444 e. The van der Waals surface area contributed by atoms with Crippen molar-refractivity contribution >= 4 is 12.0 Å². The number of nitrogens with one attached hydrogen (secondary N) is 1. The van der Waals surface area contributed by atoms with Crippen LogP contribution in [0.1, 0.15) is 20.8 Å². The SMILES string of the molecule is CC(C)(C)OC(=O)N1CCNCC1C(=O)N1CCOCC1. The van der Waals surface area contributed by atoms with Crippen LogP contribution in [0.5, 0.6) is 0 Å². The second-order valence-corrected chi connectivity index (χ2v) is 6.33. The van der Waals surface area contributed by atoms with Gasteiger partial charge in [0, 0.05) is 32.7 Å². The minimum absolute atomic E-state index is 0.0311. The first kappa shape index (κ1) is 16.0. The van der Waals surface area contributed by atoms with Gasteiger partial charge in [0.25, 0.3) is 0 Å². The second kappa shape index (κ2) is 6.62. The molecule has 0 radical (unpaired) electrons. The average Bonchev–Trinajstić information content (AvgIpc) is 2.45. The van der Waals surface area contributed by atoms with E-state index in [1.165, 1.54) is 0 Å².